The van der Waals surface area contributed by atoms with E-state index in [1.807, 2.05) is 38.1 Å². The molecule has 0 bridgehead atoms. The van der Waals surface area contributed by atoms with Gasteiger partial charge in [-0.2, -0.15) is 0 Å². The molecular formula is C31H36BrN3O4S. The Morgan fingerprint density at radius 2 is 1.65 bits per heavy atom. The van der Waals surface area contributed by atoms with Gasteiger partial charge in [0.2, 0.25) is 11.8 Å². The first kappa shape index (κ1) is 29.8. The number of hydrogen-bond donors (Lipinski definition) is 1. The summed E-state index contributed by atoms with van der Waals surface area (Å²) in [6.07, 6.45) is 4.41. The van der Waals surface area contributed by atoms with E-state index in [4.69, 9.17) is 0 Å². The number of rotatable bonds is 11. The smallest absolute Gasteiger partial charge is 0.264 e. The van der Waals surface area contributed by atoms with Gasteiger partial charge < -0.3 is 10.2 Å². The predicted octanol–water partition coefficient (Wildman–Crippen LogP) is 5.82. The summed E-state index contributed by atoms with van der Waals surface area (Å²) in [5.74, 6) is -0.650. The number of hydrogen-bond acceptors (Lipinski definition) is 4. The van der Waals surface area contributed by atoms with Crippen molar-refractivity contribution < 1.29 is 18.0 Å². The maximum Gasteiger partial charge on any atom is 0.264 e. The first-order valence-electron chi connectivity index (χ1n) is 13.7. The van der Waals surface area contributed by atoms with Crippen molar-refractivity contribution in [1.29, 1.82) is 0 Å². The van der Waals surface area contributed by atoms with Crippen molar-refractivity contribution in [2.75, 3.05) is 10.8 Å². The maximum absolute atomic E-state index is 14.1. The second-order valence-electron chi connectivity index (χ2n) is 10.2. The minimum atomic E-state index is -4.08. The van der Waals surface area contributed by atoms with Crippen LogP contribution in [0.1, 0.15) is 50.2 Å². The van der Waals surface area contributed by atoms with E-state index in [0.717, 1.165) is 41.1 Å². The zero-order valence-corrected chi connectivity index (χ0v) is 25.3. The Kier molecular flexibility index (Phi) is 10.0. The van der Waals surface area contributed by atoms with E-state index in [9.17, 15) is 18.0 Å². The van der Waals surface area contributed by atoms with Gasteiger partial charge in [-0.1, -0.05) is 89.8 Å². The molecule has 7 nitrogen and oxygen atoms in total. The number of nitrogens with one attached hydrogen (secondary N) is 1. The van der Waals surface area contributed by atoms with Crippen LogP contribution < -0.4 is 9.62 Å². The van der Waals surface area contributed by atoms with E-state index in [-0.39, 0.29) is 23.4 Å². The van der Waals surface area contributed by atoms with Gasteiger partial charge in [-0.05, 0) is 62.1 Å². The van der Waals surface area contributed by atoms with Crippen molar-refractivity contribution >= 4 is 43.5 Å². The zero-order valence-electron chi connectivity index (χ0n) is 22.9. The van der Waals surface area contributed by atoms with Crippen LogP contribution in [0.2, 0.25) is 0 Å². The molecule has 9 heteroatoms. The average Bonchev–Trinajstić information content (AvgIpc) is 3.46. The van der Waals surface area contributed by atoms with Crippen molar-refractivity contribution in [2.24, 2.45) is 0 Å². The number of aryl methyl sites for hydroxylation is 1. The highest BCUT2D eigenvalue weighted by molar-refractivity contribution is 9.10. The molecule has 0 heterocycles. The molecule has 1 saturated carbocycles. The molecule has 3 aromatic carbocycles. The minimum absolute atomic E-state index is 0.0823. The Labute approximate surface area is 245 Å². The summed E-state index contributed by atoms with van der Waals surface area (Å²) in [4.78, 5) is 29.2. The normalized spacial score (nSPS) is 14.5. The van der Waals surface area contributed by atoms with Crippen molar-refractivity contribution in [2.45, 2.75) is 69.5 Å². The average molecular weight is 627 g/mol. The molecule has 1 atom stereocenters. The number of amides is 2. The lowest BCUT2D eigenvalue weighted by molar-refractivity contribution is -0.140. The highest BCUT2D eigenvalue weighted by Crippen LogP contribution is 2.27. The number of anilines is 1. The third-order valence-electron chi connectivity index (χ3n) is 7.27. The first-order valence-corrected chi connectivity index (χ1v) is 15.9. The van der Waals surface area contributed by atoms with Crippen LogP contribution >= 0.6 is 15.9 Å². The highest BCUT2D eigenvalue weighted by atomic mass is 79.9. The van der Waals surface area contributed by atoms with E-state index in [1.54, 1.807) is 42.5 Å². The zero-order chi connectivity index (χ0) is 28.7. The molecule has 2 amide bonds. The lowest BCUT2D eigenvalue weighted by Gasteiger charge is -2.33. The predicted molar refractivity (Wildman–Crippen MR) is 161 cm³/mol. The second kappa shape index (κ2) is 13.5. The highest BCUT2D eigenvalue weighted by Gasteiger charge is 2.34. The van der Waals surface area contributed by atoms with Crippen LogP contribution in [0.25, 0.3) is 0 Å². The molecular weight excluding hydrogens is 590 g/mol. The summed E-state index contributed by atoms with van der Waals surface area (Å²) in [5, 5.41) is 3.14. The number of carbonyl (C=O) groups excluding carboxylic acids is 2. The summed E-state index contributed by atoms with van der Waals surface area (Å²) < 4.78 is 29.5. The van der Waals surface area contributed by atoms with Crippen LogP contribution in [0.3, 0.4) is 0 Å². The Balaban J connectivity index is 1.70. The van der Waals surface area contributed by atoms with Crippen LogP contribution in [0.4, 0.5) is 5.69 Å². The number of benzene rings is 3. The van der Waals surface area contributed by atoms with Gasteiger partial charge in [0.05, 0.1) is 10.6 Å². The molecule has 40 heavy (non-hydrogen) atoms. The van der Waals surface area contributed by atoms with E-state index in [2.05, 4.69) is 21.2 Å². The largest absolute Gasteiger partial charge is 0.352 e. The topological polar surface area (TPSA) is 86.8 Å². The van der Waals surface area contributed by atoms with Gasteiger partial charge in [-0.3, -0.25) is 13.9 Å². The van der Waals surface area contributed by atoms with Gasteiger partial charge >= 0.3 is 0 Å². The second-order valence-corrected chi connectivity index (χ2v) is 13.0. The van der Waals surface area contributed by atoms with Crippen molar-refractivity contribution in [1.82, 2.24) is 10.2 Å². The summed E-state index contributed by atoms with van der Waals surface area (Å²) in [6, 6.07) is 22.1. The molecule has 1 fully saturated rings. The van der Waals surface area contributed by atoms with Gasteiger partial charge in [0, 0.05) is 17.1 Å². The van der Waals surface area contributed by atoms with Gasteiger partial charge in [0.1, 0.15) is 12.6 Å². The summed E-state index contributed by atoms with van der Waals surface area (Å²) >= 11 is 3.42. The lowest BCUT2D eigenvalue weighted by atomic mass is 10.1. The fourth-order valence-electron chi connectivity index (χ4n) is 5.06. The molecule has 0 unspecified atom stereocenters. The third kappa shape index (κ3) is 7.31. The van der Waals surface area contributed by atoms with Crippen LogP contribution in [0, 0.1) is 6.92 Å². The third-order valence-corrected chi connectivity index (χ3v) is 9.55. The molecule has 1 aliphatic rings. The van der Waals surface area contributed by atoms with Crippen LogP contribution in [-0.2, 0) is 26.2 Å². The Hall–Kier alpha value is -3.17. The molecule has 4 rings (SSSR count). The summed E-state index contributed by atoms with van der Waals surface area (Å²) in [6.45, 7) is 3.60. The fraction of sp³-hybridized carbons (Fsp3) is 0.355. The van der Waals surface area contributed by atoms with Gasteiger partial charge in [-0.25, -0.2) is 8.42 Å². The van der Waals surface area contributed by atoms with E-state index >= 15 is 0 Å². The summed E-state index contributed by atoms with van der Waals surface area (Å²) in [5.41, 5.74) is 2.30. The van der Waals surface area contributed by atoms with Crippen molar-refractivity contribution in [3.8, 4) is 0 Å². The Bertz CT molecular complexity index is 1410. The number of sulfonamides is 1. The number of halogens is 1. The number of nitrogens with zero attached hydrogens (tertiary/aromatic N) is 2. The quantitative estimate of drug-likeness (QED) is 0.291. The van der Waals surface area contributed by atoms with E-state index in [0.29, 0.717) is 16.6 Å². The van der Waals surface area contributed by atoms with E-state index in [1.165, 1.54) is 17.0 Å². The monoisotopic (exact) mass is 625 g/mol. The SMILES string of the molecule is CC[C@H](C(=O)NC1CCCC1)N(Cc1ccc(C)cc1)C(=O)CN(c1cccc(Br)c1)S(=O)(=O)c1ccccc1. The lowest BCUT2D eigenvalue weighted by Crippen LogP contribution is -2.53. The fourth-order valence-corrected chi connectivity index (χ4v) is 6.87. The Morgan fingerprint density at radius 3 is 2.27 bits per heavy atom. The van der Waals surface area contributed by atoms with Crippen molar-refractivity contribution in [3.63, 3.8) is 0 Å². The van der Waals surface area contributed by atoms with Gasteiger partial charge in [0.25, 0.3) is 10.0 Å². The van der Waals surface area contributed by atoms with Crippen LogP contribution in [-0.4, -0.2) is 43.8 Å². The molecule has 1 aliphatic carbocycles. The number of carbonyl (C=O) groups is 2. The van der Waals surface area contributed by atoms with Gasteiger partial charge in [0.15, 0.2) is 0 Å². The summed E-state index contributed by atoms with van der Waals surface area (Å²) in [7, 11) is -4.08. The van der Waals surface area contributed by atoms with Crippen molar-refractivity contribution in [3.05, 3.63) is 94.5 Å². The molecule has 0 saturated heterocycles. The molecule has 3 aromatic rings. The van der Waals surface area contributed by atoms with Crippen LogP contribution in [0.5, 0.6) is 0 Å². The maximum atomic E-state index is 14.1. The van der Waals surface area contributed by atoms with E-state index < -0.39 is 28.5 Å². The molecule has 0 aromatic heterocycles. The molecule has 0 spiro atoms. The standard InChI is InChI=1S/C31H36BrN3O4S/c1-3-29(31(37)33-26-11-7-8-12-26)34(21-24-18-16-23(2)17-19-24)30(36)22-35(27-13-9-10-25(32)20-27)40(38,39)28-14-5-4-6-15-28/h4-6,9-10,13-20,26,29H,3,7-8,11-12,21-22H2,1-2H3,(H,33,37)/t29-/m1/s1. The molecule has 0 radical (unpaired) electrons. The first-order chi connectivity index (χ1) is 19.2. The molecule has 1 N–H and O–H groups in total. The molecule has 212 valence electrons. The minimum Gasteiger partial charge on any atom is -0.352 e. The Morgan fingerprint density at radius 1 is 0.975 bits per heavy atom. The molecule has 0 aliphatic heterocycles. The van der Waals surface area contributed by atoms with Gasteiger partial charge in [-0.15, -0.1) is 0 Å². The van der Waals surface area contributed by atoms with Crippen LogP contribution in [0.15, 0.2) is 88.2 Å².